The van der Waals surface area contributed by atoms with Crippen LogP contribution < -0.4 is 5.32 Å². The van der Waals surface area contributed by atoms with E-state index in [1.54, 1.807) is 25.5 Å². The molecule has 1 amide bonds. The fourth-order valence-electron chi connectivity index (χ4n) is 3.66. The van der Waals surface area contributed by atoms with Crippen molar-refractivity contribution in [2.45, 2.75) is 25.8 Å². The standard InChI is InChI=1S/C18H19N3O2/c1-2-3-13-11-23-17-9-19-15(8-14(13)17)18(22)20-16-10-21-6-4-12(16)5-7-21/h8-9,11-12,16H,4-7,10H2,1H3,(H,20,22)/t16-/m0/s1. The van der Waals surface area contributed by atoms with Gasteiger partial charge in [-0.25, -0.2) is 4.98 Å². The number of rotatable bonds is 2. The molecule has 5 heteroatoms. The van der Waals surface area contributed by atoms with Crippen molar-refractivity contribution >= 4 is 16.9 Å². The van der Waals surface area contributed by atoms with Gasteiger partial charge in [-0.1, -0.05) is 5.92 Å². The molecule has 2 bridgehead atoms. The summed E-state index contributed by atoms with van der Waals surface area (Å²) in [5.74, 6) is 6.34. The van der Waals surface area contributed by atoms with Crippen LogP contribution in [0, 0.1) is 17.8 Å². The summed E-state index contributed by atoms with van der Waals surface area (Å²) in [6.45, 7) is 5.06. The predicted molar refractivity (Wildman–Crippen MR) is 87.0 cm³/mol. The van der Waals surface area contributed by atoms with Crippen LogP contribution in [0.1, 0.15) is 35.8 Å². The second-order valence-corrected chi connectivity index (χ2v) is 6.31. The fourth-order valence-corrected chi connectivity index (χ4v) is 3.66. The van der Waals surface area contributed by atoms with Gasteiger partial charge in [0.05, 0.1) is 11.8 Å². The van der Waals surface area contributed by atoms with E-state index in [1.165, 1.54) is 12.8 Å². The third-order valence-corrected chi connectivity index (χ3v) is 4.93. The van der Waals surface area contributed by atoms with Crippen LogP contribution in [0.25, 0.3) is 11.0 Å². The average Bonchev–Trinajstić information content (AvgIpc) is 2.99. The van der Waals surface area contributed by atoms with Gasteiger partial charge in [-0.05, 0) is 44.8 Å². The van der Waals surface area contributed by atoms with Crippen LogP contribution in [0.4, 0.5) is 0 Å². The number of amides is 1. The predicted octanol–water partition coefficient (Wildman–Crippen LogP) is 2.02. The lowest BCUT2D eigenvalue weighted by atomic mass is 9.84. The highest BCUT2D eigenvalue weighted by Gasteiger charge is 2.35. The van der Waals surface area contributed by atoms with Crippen molar-refractivity contribution in [2.75, 3.05) is 19.6 Å². The number of nitrogens with one attached hydrogen (secondary N) is 1. The van der Waals surface area contributed by atoms with Crippen molar-refractivity contribution in [3.8, 4) is 11.8 Å². The second kappa shape index (κ2) is 5.71. The van der Waals surface area contributed by atoms with Gasteiger partial charge >= 0.3 is 0 Å². The summed E-state index contributed by atoms with van der Waals surface area (Å²) < 4.78 is 5.42. The van der Waals surface area contributed by atoms with Gasteiger partial charge in [0, 0.05) is 18.0 Å². The lowest BCUT2D eigenvalue weighted by molar-refractivity contribution is 0.0618. The van der Waals surface area contributed by atoms with E-state index in [-0.39, 0.29) is 11.9 Å². The number of carbonyl (C=O) groups excluding carboxylic acids is 1. The molecule has 5 rings (SSSR count). The number of hydrogen-bond acceptors (Lipinski definition) is 4. The first-order valence-corrected chi connectivity index (χ1v) is 8.08. The van der Waals surface area contributed by atoms with Crippen molar-refractivity contribution in [2.24, 2.45) is 5.92 Å². The van der Waals surface area contributed by atoms with E-state index in [0.29, 0.717) is 17.2 Å². The monoisotopic (exact) mass is 309 g/mol. The molecule has 23 heavy (non-hydrogen) atoms. The smallest absolute Gasteiger partial charge is 0.270 e. The van der Waals surface area contributed by atoms with E-state index in [9.17, 15) is 4.79 Å². The van der Waals surface area contributed by atoms with Crippen molar-refractivity contribution in [1.82, 2.24) is 15.2 Å². The molecule has 0 aliphatic carbocycles. The van der Waals surface area contributed by atoms with Crippen LogP contribution in [0.3, 0.4) is 0 Å². The van der Waals surface area contributed by atoms with Gasteiger partial charge in [-0.3, -0.25) is 4.79 Å². The van der Waals surface area contributed by atoms with Crippen molar-refractivity contribution in [1.29, 1.82) is 0 Å². The lowest BCUT2D eigenvalue weighted by Gasteiger charge is -2.44. The Balaban J connectivity index is 1.57. The zero-order chi connectivity index (χ0) is 15.8. The largest absolute Gasteiger partial charge is 0.461 e. The zero-order valence-electron chi connectivity index (χ0n) is 13.1. The normalized spacial score (nSPS) is 25.9. The van der Waals surface area contributed by atoms with Gasteiger partial charge < -0.3 is 14.6 Å². The third-order valence-electron chi connectivity index (χ3n) is 4.93. The molecule has 0 saturated carbocycles. The number of hydrogen-bond donors (Lipinski definition) is 1. The molecule has 3 aliphatic heterocycles. The van der Waals surface area contributed by atoms with E-state index >= 15 is 0 Å². The topological polar surface area (TPSA) is 58.4 Å². The number of carbonyl (C=O) groups is 1. The summed E-state index contributed by atoms with van der Waals surface area (Å²) in [7, 11) is 0. The molecule has 1 atom stereocenters. The molecule has 0 radical (unpaired) electrons. The van der Waals surface area contributed by atoms with E-state index in [4.69, 9.17) is 4.42 Å². The highest BCUT2D eigenvalue weighted by atomic mass is 16.3. The minimum atomic E-state index is -0.109. The number of nitrogens with zero attached hydrogens (tertiary/aromatic N) is 2. The molecule has 5 heterocycles. The van der Waals surface area contributed by atoms with Crippen LogP contribution >= 0.6 is 0 Å². The van der Waals surface area contributed by atoms with Gasteiger partial charge in [-0.2, -0.15) is 0 Å². The maximum Gasteiger partial charge on any atom is 0.270 e. The first kappa shape index (κ1) is 14.3. The maximum absolute atomic E-state index is 12.6. The molecule has 3 saturated heterocycles. The minimum absolute atomic E-state index is 0.109. The second-order valence-electron chi connectivity index (χ2n) is 6.31. The molecule has 0 aromatic carbocycles. The van der Waals surface area contributed by atoms with Crippen LogP contribution in [0.2, 0.25) is 0 Å². The summed E-state index contributed by atoms with van der Waals surface area (Å²) in [5, 5.41) is 4.01. The van der Waals surface area contributed by atoms with Crippen molar-refractivity contribution in [3.05, 3.63) is 29.8 Å². The van der Waals surface area contributed by atoms with E-state index in [2.05, 4.69) is 27.0 Å². The number of piperidine rings is 3. The fraction of sp³-hybridized carbons (Fsp3) is 0.444. The van der Waals surface area contributed by atoms with E-state index in [0.717, 1.165) is 30.6 Å². The SMILES string of the molecule is CC#Cc1coc2cnc(C(=O)N[C@H]3CN4CCC3CC4)cc12. The first-order valence-electron chi connectivity index (χ1n) is 8.08. The summed E-state index contributed by atoms with van der Waals surface area (Å²) in [4.78, 5) is 19.2. The Hall–Kier alpha value is -2.32. The first-order chi connectivity index (χ1) is 11.2. The lowest BCUT2D eigenvalue weighted by Crippen LogP contribution is -2.57. The van der Waals surface area contributed by atoms with Crippen LogP contribution in [0.5, 0.6) is 0 Å². The van der Waals surface area contributed by atoms with Crippen LogP contribution in [0.15, 0.2) is 22.9 Å². The van der Waals surface area contributed by atoms with E-state index in [1.807, 2.05) is 0 Å². The summed E-state index contributed by atoms with van der Waals surface area (Å²) in [5.41, 5.74) is 1.87. The van der Waals surface area contributed by atoms with Gasteiger partial charge in [0.2, 0.25) is 0 Å². The maximum atomic E-state index is 12.6. The molecular formula is C18H19N3O2. The van der Waals surface area contributed by atoms with Gasteiger partial charge in [0.15, 0.2) is 5.58 Å². The van der Waals surface area contributed by atoms with Crippen molar-refractivity contribution < 1.29 is 9.21 Å². The quantitative estimate of drug-likeness (QED) is 0.862. The number of aromatic nitrogens is 1. The Kier molecular flexibility index (Phi) is 3.55. The average molecular weight is 309 g/mol. The van der Waals surface area contributed by atoms with Crippen LogP contribution in [-0.2, 0) is 0 Å². The van der Waals surface area contributed by atoms with Gasteiger partial charge in [-0.15, -0.1) is 5.92 Å². The highest BCUT2D eigenvalue weighted by Crippen LogP contribution is 2.28. The van der Waals surface area contributed by atoms with Crippen molar-refractivity contribution in [3.63, 3.8) is 0 Å². The Morgan fingerprint density at radius 1 is 1.43 bits per heavy atom. The third kappa shape index (κ3) is 2.60. The molecule has 3 aliphatic rings. The minimum Gasteiger partial charge on any atom is -0.461 e. The van der Waals surface area contributed by atoms with Gasteiger partial charge in [0.1, 0.15) is 12.0 Å². The molecule has 0 spiro atoms. The Morgan fingerprint density at radius 3 is 2.96 bits per heavy atom. The molecule has 2 aromatic heterocycles. The molecule has 3 fully saturated rings. The number of fused-ring (bicyclic) bond motifs is 4. The molecule has 1 N–H and O–H groups in total. The zero-order valence-corrected chi connectivity index (χ0v) is 13.1. The molecule has 118 valence electrons. The summed E-state index contributed by atoms with van der Waals surface area (Å²) >= 11 is 0. The van der Waals surface area contributed by atoms with E-state index < -0.39 is 0 Å². The molecule has 2 aromatic rings. The summed E-state index contributed by atoms with van der Waals surface area (Å²) in [6.07, 6.45) is 5.56. The van der Waals surface area contributed by atoms with Crippen LogP contribution in [-0.4, -0.2) is 41.5 Å². The number of furan rings is 1. The summed E-state index contributed by atoms with van der Waals surface area (Å²) in [6, 6.07) is 2.01. The molecular weight excluding hydrogens is 290 g/mol. The number of pyridine rings is 1. The Bertz CT molecular complexity index is 807. The van der Waals surface area contributed by atoms with Gasteiger partial charge in [0.25, 0.3) is 5.91 Å². The Morgan fingerprint density at radius 2 is 2.26 bits per heavy atom. The molecule has 0 unspecified atom stereocenters. The Labute approximate surface area is 135 Å². The molecule has 5 nitrogen and oxygen atoms in total. The highest BCUT2D eigenvalue weighted by molar-refractivity contribution is 5.96.